The Hall–Kier alpha value is -2.69. The molecule has 1 aromatic heterocycles. The Bertz CT molecular complexity index is 1140. The van der Waals surface area contributed by atoms with Gasteiger partial charge in [-0.3, -0.25) is 4.79 Å². The summed E-state index contributed by atoms with van der Waals surface area (Å²) in [7, 11) is -2.23. The minimum Gasteiger partial charge on any atom is -0.496 e. The van der Waals surface area contributed by atoms with Gasteiger partial charge in [0, 0.05) is 5.56 Å². The molecular formula is C18H17BrN4O4S. The van der Waals surface area contributed by atoms with E-state index in [0.29, 0.717) is 22.8 Å². The van der Waals surface area contributed by atoms with Gasteiger partial charge < -0.3 is 10.5 Å². The van der Waals surface area contributed by atoms with Gasteiger partial charge in [-0.05, 0) is 64.5 Å². The van der Waals surface area contributed by atoms with Crippen LogP contribution in [0.1, 0.15) is 5.69 Å². The van der Waals surface area contributed by atoms with E-state index in [1.54, 1.807) is 36.1 Å². The van der Waals surface area contributed by atoms with Crippen molar-refractivity contribution in [2.45, 2.75) is 11.3 Å². The van der Waals surface area contributed by atoms with Crippen LogP contribution in [0.2, 0.25) is 0 Å². The highest BCUT2D eigenvalue weighted by atomic mass is 79.9. The molecule has 0 aliphatic heterocycles. The second-order valence-corrected chi connectivity index (χ2v) is 8.38. The van der Waals surface area contributed by atoms with E-state index in [2.05, 4.69) is 21.0 Å². The SMILES string of the molecule is COc1ccc(-c2cc(CC(N)=O)nn2-c2ccc(S(N)(=O)=O)cc2)cc1Br. The van der Waals surface area contributed by atoms with E-state index in [4.69, 9.17) is 15.6 Å². The fourth-order valence-electron chi connectivity index (χ4n) is 2.70. The molecule has 8 nitrogen and oxygen atoms in total. The van der Waals surface area contributed by atoms with E-state index in [0.717, 1.165) is 10.0 Å². The van der Waals surface area contributed by atoms with Gasteiger partial charge in [0.25, 0.3) is 0 Å². The minimum absolute atomic E-state index is 0.00509. The number of primary amides is 1. The number of amides is 1. The van der Waals surface area contributed by atoms with E-state index >= 15 is 0 Å². The highest BCUT2D eigenvalue weighted by Crippen LogP contribution is 2.32. The molecule has 0 radical (unpaired) electrons. The summed E-state index contributed by atoms with van der Waals surface area (Å²) in [5.41, 5.74) is 7.90. The summed E-state index contributed by atoms with van der Waals surface area (Å²) < 4.78 is 30.6. The second-order valence-electron chi connectivity index (χ2n) is 5.96. The predicted octanol–water partition coefficient (Wildman–Crippen LogP) is 1.99. The van der Waals surface area contributed by atoms with Crippen molar-refractivity contribution in [2.75, 3.05) is 7.11 Å². The van der Waals surface area contributed by atoms with Crippen molar-refractivity contribution < 1.29 is 17.9 Å². The summed E-state index contributed by atoms with van der Waals surface area (Å²) >= 11 is 3.45. The maximum Gasteiger partial charge on any atom is 0.238 e. The monoisotopic (exact) mass is 464 g/mol. The van der Waals surface area contributed by atoms with E-state index in [1.807, 2.05) is 12.1 Å². The van der Waals surface area contributed by atoms with E-state index in [-0.39, 0.29) is 11.3 Å². The van der Waals surface area contributed by atoms with E-state index < -0.39 is 15.9 Å². The average Bonchev–Trinajstić information content (AvgIpc) is 3.04. The third kappa shape index (κ3) is 4.24. The fourth-order valence-corrected chi connectivity index (χ4v) is 3.76. The van der Waals surface area contributed by atoms with Crippen molar-refractivity contribution in [1.29, 1.82) is 0 Å². The zero-order chi connectivity index (χ0) is 20.5. The molecular weight excluding hydrogens is 448 g/mol. The smallest absolute Gasteiger partial charge is 0.238 e. The Morgan fingerprint density at radius 1 is 1.18 bits per heavy atom. The van der Waals surface area contributed by atoms with Gasteiger partial charge in [0.2, 0.25) is 15.9 Å². The topological polar surface area (TPSA) is 130 Å². The molecule has 4 N–H and O–H groups in total. The molecule has 0 fully saturated rings. The fraction of sp³-hybridized carbons (Fsp3) is 0.111. The first-order valence-corrected chi connectivity index (χ1v) is 10.4. The molecule has 0 saturated carbocycles. The Kier molecular flexibility index (Phi) is 5.54. The van der Waals surface area contributed by atoms with Gasteiger partial charge >= 0.3 is 0 Å². The molecule has 0 aliphatic carbocycles. The first-order valence-electron chi connectivity index (χ1n) is 8.03. The van der Waals surface area contributed by atoms with Crippen LogP contribution < -0.4 is 15.6 Å². The van der Waals surface area contributed by atoms with Crippen LogP contribution >= 0.6 is 15.9 Å². The largest absolute Gasteiger partial charge is 0.496 e. The number of sulfonamides is 1. The van der Waals surface area contributed by atoms with Crippen LogP contribution in [0.25, 0.3) is 16.9 Å². The maximum atomic E-state index is 11.5. The number of halogens is 1. The lowest BCUT2D eigenvalue weighted by Gasteiger charge is -2.10. The number of nitrogens with two attached hydrogens (primary N) is 2. The lowest BCUT2D eigenvalue weighted by atomic mass is 10.1. The van der Waals surface area contributed by atoms with Crippen molar-refractivity contribution in [3.8, 4) is 22.7 Å². The van der Waals surface area contributed by atoms with Crippen molar-refractivity contribution in [1.82, 2.24) is 9.78 Å². The molecule has 0 saturated heterocycles. The van der Waals surface area contributed by atoms with Crippen LogP contribution in [0.15, 0.2) is 57.9 Å². The van der Waals surface area contributed by atoms with Crippen LogP contribution in [-0.2, 0) is 21.2 Å². The molecule has 10 heteroatoms. The Labute approximate surface area is 170 Å². The number of carbonyl (C=O) groups excluding carboxylic acids is 1. The molecule has 0 spiro atoms. The lowest BCUT2D eigenvalue weighted by molar-refractivity contribution is -0.117. The predicted molar refractivity (Wildman–Crippen MR) is 108 cm³/mol. The number of nitrogens with zero attached hydrogens (tertiary/aromatic N) is 2. The van der Waals surface area contributed by atoms with E-state index in [1.165, 1.54) is 12.1 Å². The molecule has 1 amide bonds. The summed E-state index contributed by atoms with van der Waals surface area (Å²) in [5.74, 6) is 0.168. The van der Waals surface area contributed by atoms with Crippen molar-refractivity contribution in [3.63, 3.8) is 0 Å². The van der Waals surface area contributed by atoms with Gasteiger partial charge in [-0.2, -0.15) is 5.10 Å². The molecule has 0 unspecified atom stereocenters. The van der Waals surface area contributed by atoms with Crippen LogP contribution in [0, 0.1) is 0 Å². The van der Waals surface area contributed by atoms with Gasteiger partial charge in [-0.1, -0.05) is 0 Å². The normalized spacial score (nSPS) is 11.4. The van der Waals surface area contributed by atoms with Gasteiger partial charge in [0.15, 0.2) is 0 Å². The molecule has 2 aromatic carbocycles. The number of hydrogen-bond donors (Lipinski definition) is 2. The second kappa shape index (κ2) is 7.74. The van der Waals surface area contributed by atoms with E-state index in [9.17, 15) is 13.2 Å². The number of primary sulfonamides is 1. The summed E-state index contributed by atoms with van der Waals surface area (Å²) in [5, 5.41) is 9.60. The molecule has 0 atom stereocenters. The first kappa shape index (κ1) is 20.1. The molecule has 0 bridgehead atoms. The highest BCUT2D eigenvalue weighted by molar-refractivity contribution is 9.10. The quantitative estimate of drug-likeness (QED) is 0.575. The van der Waals surface area contributed by atoms with Gasteiger partial charge in [-0.15, -0.1) is 0 Å². The third-order valence-corrected chi connectivity index (χ3v) is 5.52. The van der Waals surface area contributed by atoms with Gasteiger partial charge in [-0.25, -0.2) is 18.2 Å². The molecule has 3 aromatic rings. The number of aromatic nitrogens is 2. The number of methoxy groups -OCH3 is 1. The molecule has 28 heavy (non-hydrogen) atoms. The molecule has 1 heterocycles. The number of ether oxygens (including phenoxy) is 1. The zero-order valence-corrected chi connectivity index (χ0v) is 17.2. The highest BCUT2D eigenvalue weighted by Gasteiger charge is 2.15. The number of benzene rings is 2. The number of hydrogen-bond acceptors (Lipinski definition) is 5. The minimum atomic E-state index is -3.80. The average molecular weight is 465 g/mol. The van der Waals surface area contributed by atoms with Crippen LogP contribution in [0.4, 0.5) is 0 Å². The van der Waals surface area contributed by atoms with Gasteiger partial charge in [0.05, 0.1) is 40.0 Å². The Balaban J connectivity index is 2.13. The van der Waals surface area contributed by atoms with Gasteiger partial charge in [0.1, 0.15) is 5.75 Å². The third-order valence-electron chi connectivity index (χ3n) is 3.97. The van der Waals surface area contributed by atoms with Crippen molar-refractivity contribution >= 4 is 31.9 Å². The number of carbonyl (C=O) groups is 1. The summed E-state index contributed by atoms with van der Waals surface area (Å²) in [6.07, 6.45) is -0.0212. The zero-order valence-electron chi connectivity index (χ0n) is 14.8. The van der Waals surface area contributed by atoms with Crippen molar-refractivity contribution in [2.24, 2.45) is 10.9 Å². The molecule has 146 valence electrons. The van der Waals surface area contributed by atoms with Crippen LogP contribution in [-0.4, -0.2) is 31.2 Å². The van der Waals surface area contributed by atoms with Crippen LogP contribution in [0.5, 0.6) is 5.75 Å². The lowest BCUT2D eigenvalue weighted by Crippen LogP contribution is -2.14. The molecule has 0 aliphatic rings. The summed E-state index contributed by atoms with van der Waals surface area (Å²) in [4.78, 5) is 11.3. The maximum absolute atomic E-state index is 11.5. The van der Waals surface area contributed by atoms with Crippen LogP contribution in [0.3, 0.4) is 0 Å². The summed E-state index contributed by atoms with van der Waals surface area (Å²) in [6, 6.07) is 13.2. The molecule has 3 rings (SSSR count). The summed E-state index contributed by atoms with van der Waals surface area (Å²) in [6.45, 7) is 0. The first-order chi connectivity index (χ1) is 13.2. The standard InChI is InChI=1S/C18H17BrN4O4S/c1-27-17-7-2-11(8-15(17)19)16-9-12(10-18(20)24)22-23(16)13-3-5-14(6-4-13)28(21,25)26/h2-9H,10H2,1H3,(H2,20,24)(H2,21,25,26). The Morgan fingerprint density at radius 3 is 2.39 bits per heavy atom. The number of rotatable bonds is 6. The van der Waals surface area contributed by atoms with Crippen molar-refractivity contribution in [3.05, 3.63) is 58.7 Å². The Morgan fingerprint density at radius 2 is 1.86 bits per heavy atom.